The molecule has 2 aromatic rings. The molecule has 0 bridgehead atoms. The minimum Gasteiger partial charge on any atom is -0.309 e. The second kappa shape index (κ2) is 5.14. The van der Waals surface area contributed by atoms with E-state index in [0.29, 0.717) is 5.69 Å². The molecule has 1 aromatic carbocycles. The summed E-state index contributed by atoms with van der Waals surface area (Å²) in [6, 6.07) is 6.07. The van der Waals surface area contributed by atoms with Gasteiger partial charge in [-0.05, 0) is 47.0 Å². The quantitative estimate of drug-likeness (QED) is 0.878. The first-order chi connectivity index (χ1) is 9.58. The molecule has 2 heterocycles. The van der Waals surface area contributed by atoms with Crippen LogP contribution < -0.4 is 5.32 Å². The van der Waals surface area contributed by atoms with Crippen LogP contribution >= 0.6 is 15.9 Å². The van der Waals surface area contributed by atoms with Gasteiger partial charge in [-0.3, -0.25) is 9.48 Å². The molecular formula is C15H16BrN3O. The van der Waals surface area contributed by atoms with Gasteiger partial charge in [0.2, 0.25) is 5.78 Å². The van der Waals surface area contributed by atoms with Crippen molar-refractivity contribution in [3.63, 3.8) is 0 Å². The van der Waals surface area contributed by atoms with Gasteiger partial charge in [-0.15, -0.1) is 0 Å². The molecule has 0 atom stereocenters. The molecule has 0 amide bonds. The maximum atomic E-state index is 12.7. The van der Waals surface area contributed by atoms with Crippen LogP contribution in [-0.2, 0) is 13.1 Å². The average molecular weight is 334 g/mol. The van der Waals surface area contributed by atoms with Gasteiger partial charge >= 0.3 is 0 Å². The number of benzene rings is 1. The van der Waals surface area contributed by atoms with Crippen LogP contribution in [0.1, 0.15) is 47.1 Å². The molecule has 1 aliphatic rings. The van der Waals surface area contributed by atoms with Crippen LogP contribution in [0.3, 0.4) is 0 Å². The number of hydrogen-bond acceptors (Lipinski definition) is 3. The van der Waals surface area contributed by atoms with Crippen molar-refractivity contribution < 1.29 is 4.79 Å². The molecule has 5 heteroatoms. The van der Waals surface area contributed by atoms with Crippen molar-refractivity contribution in [3.05, 3.63) is 51.3 Å². The highest BCUT2D eigenvalue weighted by Crippen LogP contribution is 2.24. The zero-order valence-corrected chi connectivity index (χ0v) is 13.1. The number of fused-ring (bicyclic) bond motifs is 1. The molecule has 3 rings (SSSR count). The first-order valence-corrected chi connectivity index (χ1v) is 7.47. The summed E-state index contributed by atoms with van der Waals surface area (Å²) in [5, 5.41) is 7.56. The minimum atomic E-state index is 0.0118. The molecule has 0 unspecified atom stereocenters. The van der Waals surface area contributed by atoms with Crippen LogP contribution in [0.25, 0.3) is 0 Å². The summed E-state index contributed by atoms with van der Waals surface area (Å²) in [4.78, 5) is 12.7. The third kappa shape index (κ3) is 2.21. The van der Waals surface area contributed by atoms with Crippen LogP contribution in [0.15, 0.2) is 28.9 Å². The van der Waals surface area contributed by atoms with Crippen molar-refractivity contribution in [2.45, 2.75) is 33.0 Å². The van der Waals surface area contributed by atoms with Gasteiger partial charge in [-0.25, -0.2) is 0 Å². The van der Waals surface area contributed by atoms with E-state index in [-0.39, 0.29) is 11.8 Å². The number of nitrogens with one attached hydrogen (secondary N) is 1. The molecule has 104 valence electrons. The molecule has 4 nitrogen and oxygen atoms in total. The van der Waals surface area contributed by atoms with Crippen molar-refractivity contribution in [2.24, 2.45) is 0 Å². The summed E-state index contributed by atoms with van der Waals surface area (Å²) in [7, 11) is 0. The van der Waals surface area contributed by atoms with E-state index in [2.05, 4.69) is 26.3 Å². The van der Waals surface area contributed by atoms with Crippen LogP contribution in [0, 0.1) is 0 Å². The third-order valence-electron chi connectivity index (χ3n) is 3.55. The Morgan fingerprint density at radius 2 is 2.10 bits per heavy atom. The van der Waals surface area contributed by atoms with Crippen LogP contribution in [0.2, 0.25) is 0 Å². The molecule has 0 spiro atoms. The number of hydrogen-bond donors (Lipinski definition) is 1. The summed E-state index contributed by atoms with van der Waals surface area (Å²) in [6.07, 6.45) is 1.68. The van der Waals surface area contributed by atoms with Crippen molar-refractivity contribution in [1.29, 1.82) is 0 Å². The van der Waals surface area contributed by atoms with Crippen molar-refractivity contribution in [2.75, 3.05) is 0 Å². The fraction of sp³-hybridized carbons (Fsp3) is 0.333. The SMILES string of the molecule is CC(C)n1ncc(Br)c1C(=O)c1ccc2c(c1)CNC2. The molecule has 0 aliphatic carbocycles. The maximum Gasteiger partial charge on any atom is 0.212 e. The van der Waals surface area contributed by atoms with E-state index in [1.807, 2.05) is 32.0 Å². The number of carbonyl (C=O) groups excluding carboxylic acids is 1. The highest BCUT2D eigenvalue weighted by atomic mass is 79.9. The summed E-state index contributed by atoms with van der Waals surface area (Å²) in [5.41, 5.74) is 3.82. The van der Waals surface area contributed by atoms with Crippen LogP contribution in [0.4, 0.5) is 0 Å². The largest absolute Gasteiger partial charge is 0.309 e. The zero-order valence-electron chi connectivity index (χ0n) is 11.5. The number of nitrogens with zero attached hydrogens (tertiary/aromatic N) is 2. The smallest absolute Gasteiger partial charge is 0.212 e. The lowest BCUT2D eigenvalue weighted by Crippen LogP contribution is -2.14. The molecular weight excluding hydrogens is 318 g/mol. The highest BCUT2D eigenvalue weighted by Gasteiger charge is 2.21. The van der Waals surface area contributed by atoms with E-state index in [0.717, 1.165) is 23.1 Å². The second-order valence-corrected chi connectivity index (χ2v) is 6.15. The Morgan fingerprint density at radius 1 is 1.35 bits per heavy atom. The van der Waals surface area contributed by atoms with Gasteiger partial charge in [0, 0.05) is 24.7 Å². The molecule has 0 saturated carbocycles. The van der Waals surface area contributed by atoms with Gasteiger partial charge in [0.1, 0.15) is 5.69 Å². The first-order valence-electron chi connectivity index (χ1n) is 6.68. The van der Waals surface area contributed by atoms with Gasteiger partial charge in [0.25, 0.3) is 0 Å². The Labute approximate surface area is 126 Å². The molecule has 20 heavy (non-hydrogen) atoms. The number of halogens is 1. The first kappa shape index (κ1) is 13.5. The van der Waals surface area contributed by atoms with Crippen LogP contribution in [0.5, 0.6) is 0 Å². The minimum absolute atomic E-state index is 0.0118. The Balaban J connectivity index is 2.03. The lowest BCUT2D eigenvalue weighted by Gasteiger charge is -2.11. The fourth-order valence-corrected chi connectivity index (χ4v) is 2.97. The van der Waals surface area contributed by atoms with Gasteiger partial charge < -0.3 is 5.32 Å². The van der Waals surface area contributed by atoms with Crippen molar-refractivity contribution >= 4 is 21.7 Å². The maximum absolute atomic E-state index is 12.7. The lowest BCUT2D eigenvalue weighted by atomic mass is 10.0. The fourth-order valence-electron chi connectivity index (χ4n) is 2.52. The number of carbonyl (C=O) groups is 1. The average Bonchev–Trinajstić information content (AvgIpc) is 3.03. The van der Waals surface area contributed by atoms with Gasteiger partial charge in [0.05, 0.1) is 10.7 Å². The summed E-state index contributed by atoms with van der Waals surface area (Å²) in [5.74, 6) is 0.0118. The van der Waals surface area contributed by atoms with E-state index in [9.17, 15) is 4.79 Å². The van der Waals surface area contributed by atoms with Crippen molar-refractivity contribution in [1.82, 2.24) is 15.1 Å². The molecule has 0 saturated heterocycles. The normalized spacial score (nSPS) is 13.8. The topological polar surface area (TPSA) is 46.9 Å². The van der Waals surface area contributed by atoms with Gasteiger partial charge in [-0.1, -0.05) is 12.1 Å². The predicted octanol–water partition coefficient (Wildman–Crippen LogP) is 3.06. The molecule has 0 fully saturated rings. The third-order valence-corrected chi connectivity index (χ3v) is 4.13. The van der Waals surface area contributed by atoms with Gasteiger partial charge in [0.15, 0.2) is 0 Å². The summed E-state index contributed by atoms with van der Waals surface area (Å²) < 4.78 is 2.51. The van der Waals surface area contributed by atoms with E-state index < -0.39 is 0 Å². The van der Waals surface area contributed by atoms with Crippen LogP contribution in [-0.4, -0.2) is 15.6 Å². The Hall–Kier alpha value is -1.46. The monoisotopic (exact) mass is 333 g/mol. The Bertz CT molecular complexity index is 676. The molecule has 1 aromatic heterocycles. The van der Waals surface area contributed by atoms with E-state index in [1.54, 1.807) is 10.9 Å². The number of rotatable bonds is 3. The zero-order chi connectivity index (χ0) is 14.3. The lowest BCUT2D eigenvalue weighted by molar-refractivity contribution is 0.102. The van der Waals surface area contributed by atoms with E-state index in [4.69, 9.17) is 0 Å². The summed E-state index contributed by atoms with van der Waals surface area (Å²) >= 11 is 3.43. The number of aromatic nitrogens is 2. The standard InChI is InChI=1S/C15H16BrN3O/c1-9(2)19-14(13(16)8-18-19)15(20)10-3-4-11-6-17-7-12(11)5-10/h3-5,8-9,17H,6-7H2,1-2H3. The number of ketones is 1. The molecule has 1 N–H and O–H groups in total. The second-order valence-electron chi connectivity index (χ2n) is 5.30. The van der Waals surface area contributed by atoms with Crippen molar-refractivity contribution in [3.8, 4) is 0 Å². The van der Waals surface area contributed by atoms with E-state index in [1.165, 1.54) is 11.1 Å². The van der Waals surface area contributed by atoms with E-state index >= 15 is 0 Å². The highest BCUT2D eigenvalue weighted by molar-refractivity contribution is 9.10. The Morgan fingerprint density at radius 3 is 2.85 bits per heavy atom. The Kier molecular flexibility index (Phi) is 3.48. The molecule has 0 radical (unpaired) electrons. The van der Waals surface area contributed by atoms with Gasteiger partial charge in [-0.2, -0.15) is 5.10 Å². The molecule has 1 aliphatic heterocycles. The summed E-state index contributed by atoms with van der Waals surface area (Å²) in [6.45, 7) is 5.75. The predicted molar refractivity (Wildman–Crippen MR) is 80.7 cm³/mol.